The Bertz CT molecular complexity index is 625. The van der Waals surface area contributed by atoms with Crippen molar-refractivity contribution in [1.82, 2.24) is 0 Å². The van der Waals surface area contributed by atoms with Gasteiger partial charge in [0.25, 0.3) is 0 Å². The third kappa shape index (κ3) is 3.24. The van der Waals surface area contributed by atoms with Crippen molar-refractivity contribution in [3.63, 3.8) is 0 Å². The predicted molar refractivity (Wildman–Crippen MR) is 80.7 cm³/mol. The number of ketones is 1. The van der Waals surface area contributed by atoms with E-state index in [0.717, 1.165) is 7.57 Å². The second-order valence-corrected chi connectivity index (χ2v) is 7.52. The van der Waals surface area contributed by atoms with E-state index in [2.05, 4.69) is 31.9 Å². The third-order valence-electron chi connectivity index (χ3n) is 2.57. The van der Waals surface area contributed by atoms with Gasteiger partial charge in [0.05, 0.1) is 14.7 Å². The molecule has 0 atom stereocenters. The lowest BCUT2D eigenvalue weighted by atomic mass is 10.0. The minimum absolute atomic E-state index is 0.00477. The van der Waals surface area contributed by atoms with Crippen molar-refractivity contribution in [3.8, 4) is 5.75 Å². The summed E-state index contributed by atoms with van der Waals surface area (Å²) in [6.45, 7) is 0. The summed E-state index contributed by atoms with van der Waals surface area (Å²) in [6, 6.07) is 6.52. The van der Waals surface area contributed by atoms with Gasteiger partial charge in [0.1, 0.15) is 0 Å². The van der Waals surface area contributed by atoms with E-state index in [1.165, 1.54) is 24.5 Å². The average molecular weight is 408 g/mol. The Labute approximate surface area is 130 Å². The number of thiophene rings is 1. The molecule has 0 aliphatic heterocycles. The van der Waals surface area contributed by atoms with E-state index in [-0.39, 0.29) is 18.0 Å². The number of halogens is 3. The lowest BCUT2D eigenvalue weighted by Gasteiger charge is -2.06. The molecule has 1 aromatic carbocycles. The van der Waals surface area contributed by atoms with Gasteiger partial charge in [-0.2, -0.15) is 0 Å². The topological polar surface area (TPSA) is 26.3 Å². The van der Waals surface area contributed by atoms with Crippen molar-refractivity contribution in [2.45, 2.75) is 6.42 Å². The first-order chi connectivity index (χ1) is 9.02. The van der Waals surface area contributed by atoms with Gasteiger partial charge in [-0.05, 0) is 49.6 Å². The molecule has 0 saturated heterocycles. The SMILES string of the molecule is COc1cccc(CC(=O)c2cc(Br)sc2Br)c1F. The predicted octanol–water partition coefficient (Wildman–Crippen LogP) is 4.85. The zero-order valence-electron chi connectivity index (χ0n) is 9.88. The molecule has 0 aliphatic carbocycles. The van der Waals surface area contributed by atoms with Crippen molar-refractivity contribution in [2.24, 2.45) is 0 Å². The number of carbonyl (C=O) groups is 1. The highest BCUT2D eigenvalue weighted by molar-refractivity contribution is 9.12. The van der Waals surface area contributed by atoms with Crippen LogP contribution in [-0.4, -0.2) is 12.9 Å². The monoisotopic (exact) mass is 406 g/mol. The van der Waals surface area contributed by atoms with Crippen LogP contribution >= 0.6 is 43.2 Å². The first-order valence-corrected chi connectivity index (χ1v) is 7.72. The second kappa shape index (κ2) is 6.15. The van der Waals surface area contributed by atoms with Gasteiger partial charge in [-0.25, -0.2) is 4.39 Å². The minimum Gasteiger partial charge on any atom is -0.494 e. The largest absolute Gasteiger partial charge is 0.494 e. The van der Waals surface area contributed by atoms with Crippen molar-refractivity contribution >= 4 is 49.0 Å². The molecular weight excluding hydrogens is 399 g/mol. The van der Waals surface area contributed by atoms with Gasteiger partial charge in [-0.1, -0.05) is 12.1 Å². The van der Waals surface area contributed by atoms with Crippen LogP contribution in [0, 0.1) is 5.82 Å². The molecule has 6 heteroatoms. The van der Waals surface area contributed by atoms with E-state index < -0.39 is 5.82 Å². The second-order valence-electron chi connectivity index (χ2n) is 3.77. The number of hydrogen-bond donors (Lipinski definition) is 0. The standard InChI is InChI=1S/C13H9Br2FO2S/c1-18-10-4-2-3-7(12(10)16)5-9(17)8-6-11(14)19-13(8)15/h2-4,6H,5H2,1H3. The number of ether oxygens (including phenoxy) is 1. The third-order valence-corrected chi connectivity index (χ3v) is 4.91. The van der Waals surface area contributed by atoms with E-state index in [0.29, 0.717) is 11.1 Å². The maximum atomic E-state index is 14.0. The lowest BCUT2D eigenvalue weighted by molar-refractivity contribution is 0.0991. The van der Waals surface area contributed by atoms with Gasteiger partial charge >= 0.3 is 0 Å². The van der Waals surface area contributed by atoms with Gasteiger partial charge in [-0.3, -0.25) is 4.79 Å². The zero-order valence-corrected chi connectivity index (χ0v) is 13.9. The van der Waals surface area contributed by atoms with Crippen LogP contribution in [0.3, 0.4) is 0 Å². The highest BCUT2D eigenvalue weighted by atomic mass is 79.9. The van der Waals surface area contributed by atoms with Gasteiger partial charge in [-0.15, -0.1) is 11.3 Å². The number of Topliss-reactive ketones (excluding diaryl/α,β-unsaturated/α-hetero) is 1. The Morgan fingerprint density at radius 2 is 2.16 bits per heavy atom. The number of methoxy groups -OCH3 is 1. The Morgan fingerprint density at radius 3 is 2.74 bits per heavy atom. The number of carbonyl (C=O) groups excluding carboxylic acids is 1. The molecule has 0 bridgehead atoms. The highest BCUT2D eigenvalue weighted by Crippen LogP contribution is 2.33. The van der Waals surface area contributed by atoms with Gasteiger partial charge < -0.3 is 4.74 Å². The highest BCUT2D eigenvalue weighted by Gasteiger charge is 2.17. The van der Waals surface area contributed by atoms with Crippen LogP contribution in [-0.2, 0) is 6.42 Å². The molecule has 0 aliphatic rings. The summed E-state index contributed by atoms with van der Waals surface area (Å²) in [4.78, 5) is 12.1. The van der Waals surface area contributed by atoms with Crippen molar-refractivity contribution in [1.29, 1.82) is 0 Å². The summed E-state index contributed by atoms with van der Waals surface area (Å²) in [6.07, 6.45) is 0.00477. The summed E-state index contributed by atoms with van der Waals surface area (Å²) < 4.78 is 20.5. The van der Waals surface area contributed by atoms with E-state index in [1.54, 1.807) is 18.2 Å². The molecule has 1 aromatic heterocycles. The summed E-state index contributed by atoms with van der Waals surface area (Å²) >= 11 is 8.06. The first-order valence-electron chi connectivity index (χ1n) is 5.32. The summed E-state index contributed by atoms with van der Waals surface area (Å²) in [7, 11) is 1.40. The van der Waals surface area contributed by atoms with Crippen LogP contribution in [0.1, 0.15) is 15.9 Å². The Morgan fingerprint density at radius 1 is 1.42 bits per heavy atom. The van der Waals surface area contributed by atoms with Crippen LogP contribution in [0.25, 0.3) is 0 Å². The fourth-order valence-corrected chi connectivity index (χ4v) is 4.50. The molecule has 1 heterocycles. The maximum Gasteiger partial charge on any atom is 0.169 e. The number of rotatable bonds is 4. The molecule has 2 rings (SSSR count). The molecule has 0 unspecified atom stereocenters. The van der Waals surface area contributed by atoms with E-state index >= 15 is 0 Å². The first kappa shape index (κ1) is 14.7. The normalized spacial score (nSPS) is 10.5. The number of benzene rings is 1. The fourth-order valence-electron chi connectivity index (χ4n) is 1.65. The summed E-state index contributed by atoms with van der Waals surface area (Å²) in [5.41, 5.74) is 0.887. The number of hydrogen-bond acceptors (Lipinski definition) is 3. The molecule has 2 aromatic rings. The quantitative estimate of drug-likeness (QED) is 0.677. The molecule has 100 valence electrons. The van der Waals surface area contributed by atoms with Crippen LogP contribution in [0.2, 0.25) is 0 Å². The molecule has 0 N–H and O–H groups in total. The van der Waals surface area contributed by atoms with Gasteiger partial charge in [0.2, 0.25) is 0 Å². The molecule has 0 amide bonds. The van der Waals surface area contributed by atoms with Crippen LogP contribution in [0.4, 0.5) is 4.39 Å². The van der Waals surface area contributed by atoms with Gasteiger partial charge in [0, 0.05) is 12.0 Å². The maximum absolute atomic E-state index is 14.0. The minimum atomic E-state index is -0.483. The van der Waals surface area contributed by atoms with Crippen molar-refractivity contribution < 1.29 is 13.9 Å². The average Bonchev–Trinajstić information content (AvgIpc) is 2.71. The lowest BCUT2D eigenvalue weighted by Crippen LogP contribution is -2.05. The Balaban J connectivity index is 2.27. The van der Waals surface area contributed by atoms with Crippen LogP contribution < -0.4 is 4.74 Å². The van der Waals surface area contributed by atoms with Crippen molar-refractivity contribution in [2.75, 3.05) is 7.11 Å². The summed E-state index contributed by atoms with van der Waals surface area (Å²) in [5, 5.41) is 0. The Kier molecular flexibility index (Phi) is 4.76. The van der Waals surface area contributed by atoms with Crippen molar-refractivity contribution in [3.05, 3.63) is 48.8 Å². The van der Waals surface area contributed by atoms with E-state index in [9.17, 15) is 9.18 Å². The van der Waals surface area contributed by atoms with Crippen LogP contribution in [0.5, 0.6) is 5.75 Å². The molecule has 0 fully saturated rings. The van der Waals surface area contributed by atoms with E-state index in [1.807, 2.05) is 0 Å². The zero-order chi connectivity index (χ0) is 14.0. The summed E-state index contributed by atoms with van der Waals surface area (Å²) in [5.74, 6) is -0.472. The van der Waals surface area contributed by atoms with Crippen LogP contribution in [0.15, 0.2) is 31.8 Å². The smallest absolute Gasteiger partial charge is 0.169 e. The van der Waals surface area contributed by atoms with E-state index in [4.69, 9.17) is 4.74 Å². The fraction of sp³-hybridized carbons (Fsp3) is 0.154. The molecular formula is C13H9Br2FO2S. The molecule has 19 heavy (non-hydrogen) atoms. The Hall–Kier alpha value is -0.720. The molecule has 0 spiro atoms. The van der Waals surface area contributed by atoms with Gasteiger partial charge in [0.15, 0.2) is 17.3 Å². The molecule has 2 nitrogen and oxygen atoms in total. The molecule has 0 radical (unpaired) electrons. The molecule has 0 saturated carbocycles.